The number of esters is 1. The lowest BCUT2D eigenvalue weighted by Gasteiger charge is -2.16. The van der Waals surface area contributed by atoms with Gasteiger partial charge in [-0.05, 0) is 50.1 Å². The van der Waals surface area contributed by atoms with Crippen molar-refractivity contribution in [1.29, 1.82) is 0 Å². The second kappa shape index (κ2) is 8.74. The number of amides is 3. The molecule has 3 amide bonds. The summed E-state index contributed by atoms with van der Waals surface area (Å²) in [6.07, 6.45) is -1.32. The number of nitrogens with two attached hydrogens (primary N) is 1. The molecule has 2 aromatic carbocycles. The van der Waals surface area contributed by atoms with Gasteiger partial charge in [0, 0.05) is 0 Å². The van der Waals surface area contributed by atoms with Gasteiger partial charge in [0.1, 0.15) is 0 Å². The molecule has 0 fully saturated rings. The van der Waals surface area contributed by atoms with Gasteiger partial charge in [0.25, 0.3) is 15.9 Å². The Balaban J connectivity index is 2.28. The summed E-state index contributed by atoms with van der Waals surface area (Å²) >= 11 is 0. The highest BCUT2D eigenvalue weighted by atomic mass is 32.2. The van der Waals surface area contributed by atoms with Crippen LogP contribution < -0.4 is 15.8 Å². The quantitative estimate of drug-likeness (QED) is 0.609. The van der Waals surface area contributed by atoms with Crippen molar-refractivity contribution in [1.82, 2.24) is 5.32 Å². The molecule has 0 saturated heterocycles. The van der Waals surface area contributed by atoms with Gasteiger partial charge in [0.2, 0.25) is 0 Å². The number of aryl methyl sites for hydroxylation is 2. The summed E-state index contributed by atoms with van der Waals surface area (Å²) in [5.41, 5.74) is 6.05. The van der Waals surface area contributed by atoms with Crippen LogP contribution in [0.15, 0.2) is 47.4 Å². The Hall–Kier alpha value is -3.40. The zero-order valence-corrected chi connectivity index (χ0v) is 16.9. The fourth-order valence-electron chi connectivity index (χ4n) is 2.45. The van der Waals surface area contributed by atoms with Gasteiger partial charge in [-0.1, -0.05) is 24.3 Å². The fraction of sp³-hybridized carbons (Fsp3) is 0.211. The second-order valence-corrected chi connectivity index (χ2v) is 7.97. The largest absolute Gasteiger partial charge is 0.449 e. The molecular weight excluding hydrogens is 398 g/mol. The van der Waals surface area contributed by atoms with E-state index < -0.39 is 34.0 Å². The number of carbonyl (C=O) groups excluding carboxylic acids is 3. The number of para-hydroxylation sites is 1. The predicted molar refractivity (Wildman–Crippen MR) is 106 cm³/mol. The van der Waals surface area contributed by atoms with E-state index in [1.807, 2.05) is 0 Å². The standard InChI is InChI=1S/C19H21N3O6S/c1-11-8-9-12(2)16(10-11)29(26,27)22-15-7-5-4-6-14(15)18(24)28-13(3)17(23)21-19(20)25/h4-10,13,22H,1-3H3,(H3,20,21,23,25)/t13-/m0/s1. The van der Waals surface area contributed by atoms with Crippen LogP contribution in [-0.4, -0.2) is 32.4 Å². The van der Waals surface area contributed by atoms with Gasteiger partial charge >= 0.3 is 12.0 Å². The van der Waals surface area contributed by atoms with Crippen molar-refractivity contribution in [2.45, 2.75) is 31.8 Å². The molecule has 0 aliphatic carbocycles. The third-order valence-electron chi connectivity index (χ3n) is 3.92. The number of rotatable bonds is 6. The summed E-state index contributed by atoms with van der Waals surface area (Å²) in [6.45, 7) is 4.68. The Labute approximate surface area is 168 Å². The van der Waals surface area contributed by atoms with E-state index in [1.165, 1.54) is 31.2 Å². The van der Waals surface area contributed by atoms with E-state index in [0.29, 0.717) is 5.56 Å². The van der Waals surface area contributed by atoms with Crippen LogP contribution in [0.2, 0.25) is 0 Å². The monoisotopic (exact) mass is 419 g/mol. The van der Waals surface area contributed by atoms with Crippen LogP contribution in [0.3, 0.4) is 0 Å². The predicted octanol–water partition coefficient (Wildman–Crippen LogP) is 1.84. The topological polar surface area (TPSA) is 145 Å². The molecular formula is C19H21N3O6S. The summed E-state index contributed by atoms with van der Waals surface area (Å²) < 4.78 is 33.0. The number of carbonyl (C=O) groups is 3. The minimum Gasteiger partial charge on any atom is -0.449 e. The van der Waals surface area contributed by atoms with Gasteiger partial charge in [-0.25, -0.2) is 18.0 Å². The number of hydrogen-bond donors (Lipinski definition) is 3. The molecule has 0 saturated carbocycles. The minimum absolute atomic E-state index is 0.0130. The minimum atomic E-state index is -3.98. The van der Waals surface area contributed by atoms with Crippen molar-refractivity contribution in [3.63, 3.8) is 0 Å². The molecule has 0 aromatic heterocycles. The second-order valence-electron chi connectivity index (χ2n) is 6.32. The van der Waals surface area contributed by atoms with E-state index in [1.54, 1.807) is 37.4 Å². The van der Waals surface area contributed by atoms with E-state index in [4.69, 9.17) is 10.5 Å². The third-order valence-corrected chi connectivity index (χ3v) is 5.43. The summed E-state index contributed by atoms with van der Waals surface area (Å²) in [5, 5.41) is 1.80. The van der Waals surface area contributed by atoms with Gasteiger partial charge in [0.05, 0.1) is 16.1 Å². The smallest absolute Gasteiger partial charge is 0.341 e. The number of ether oxygens (including phenoxy) is 1. The summed E-state index contributed by atoms with van der Waals surface area (Å²) in [6, 6.07) is 9.71. The van der Waals surface area contributed by atoms with Crippen LogP contribution in [0.25, 0.3) is 0 Å². The van der Waals surface area contributed by atoms with Gasteiger partial charge in [-0.3, -0.25) is 14.8 Å². The maximum absolute atomic E-state index is 12.8. The van der Waals surface area contributed by atoms with Gasteiger partial charge in [-0.15, -0.1) is 0 Å². The molecule has 9 nitrogen and oxygen atoms in total. The average Bonchev–Trinajstić information content (AvgIpc) is 2.63. The number of benzene rings is 2. The Kier molecular flexibility index (Phi) is 6.60. The maximum Gasteiger partial charge on any atom is 0.341 e. The normalized spacial score (nSPS) is 12.0. The summed E-state index contributed by atoms with van der Waals surface area (Å²) in [7, 11) is -3.98. The molecule has 0 aliphatic rings. The number of primary amides is 1. The van der Waals surface area contributed by atoms with E-state index in [9.17, 15) is 22.8 Å². The van der Waals surface area contributed by atoms with Gasteiger partial charge in [-0.2, -0.15) is 0 Å². The van der Waals surface area contributed by atoms with Crippen molar-refractivity contribution < 1.29 is 27.5 Å². The van der Waals surface area contributed by atoms with Crippen LogP contribution in [0.4, 0.5) is 10.5 Å². The number of urea groups is 1. The zero-order valence-electron chi connectivity index (χ0n) is 16.1. The highest BCUT2D eigenvalue weighted by molar-refractivity contribution is 7.92. The third kappa shape index (κ3) is 5.55. The maximum atomic E-state index is 12.8. The molecule has 0 unspecified atom stereocenters. The molecule has 4 N–H and O–H groups in total. The zero-order chi connectivity index (χ0) is 21.8. The Morgan fingerprint density at radius 1 is 1.07 bits per heavy atom. The van der Waals surface area contributed by atoms with Crippen molar-refractivity contribution in [2.24, 2.45) is 5.73 Å². The van der Waals surface area contributed by atoms with Crippen LogP contribution in [0.1, 0.15) is 28.4 Å². The van der Waals surface area contributed by atoms with Crippen molar-refractivity contribution in [2.75, 3.05) is 4.72 Å². The van der Waals surface area contributed by atoms with Crippen molar-refractivity contribution >= 4 is 33.6 Å². The molecule has 1 atom stereocenters. The van der Waals surface area contributed by atoms with Gasteiger partial charge < -0.3 is 10.5 Å². The molecule has 0 radical (unpaired) electrons. The molecule has 0 bridgehead atoms. The summed E-state index contributed by atoms with van der Waals surface area (Å²) in [4.78, 5) is 35.0. The molecule has 10 heteroatoms. The first-order chi connectivity index (χ1) is 13.5. The Morgan fingerprint density at radius 3 is 2.38 bits per heavy atom. The first kappa shape index (κ1) is 21.9. The molecule has 2 aromatic rings. The molecule has 0 spiro atoms. The molecule has 154 valence electrons. The van der Waals surface area contributed by atoms with E-state index in [-0.39, 0.29) is 16.1 Å². The van der Waals surface area contributed by atoms with Crippen LogP contribution >= 0.6 is 0 Å². The lowest BCUT2D eigenvalue weighted by Crippen LogP contribution is -2.42. The van der Waals surface area contributed by atoms with Gasteiger partial charge in [0.15, 0.2) is 6.10 Å². The molecule has 0 aliphatic heterocycles. The lowest BCUT2D eigenvalue weighted by molar-refractivity contribution is -0.127. The van der Waals surface area contributed by atoms with Crippen LogP contribution in [-0.2, 0) is 19.6 Å². The molecule has 29 heavy (non-hydrogen) atoms. The first-order valence-corrected chi connectivity index (χ1v) is 10.00. The van der Waals surface area contributed by atoms with Crippen molar-refractivity contribution in [3.8, 4) is 0 Å². The van der Waals surface area contributed by atoms with Crippen LogP contribution in [0.5, 0.6) is 0 Å². The van der Waals surface area contributed by atoms with Crippen LogP contribution in [0, 0.1) is 13.8 Å². The van der Waals surface area contributed by atoms with E-state index in [0.717, 1.165) is 5.56 Å². The van der Waals surface area contributed by atoms with E-state index in [2.05, 4.69) is 4.72 Å². The highest BCUT2D eigenvalue weighted by Gasteiger charge is 2.24. The Morgan fingerprint density at radius 2 is 1.72 bits per heavy atom. The highest BCUT2D eigenvalue weighted by Crippen LogP contribution is 2.24. The number of hydrogen-bond acceptors (Lipinski definition) is 6. The molecule has 0 heterocycles. The first-order valence-electron chi connectivity index (χ1n) is 8.51. The number of anilines is 1. The lowest BCUT2D eigenvalue weighted by atomic mass is 10.2. The van der Waals surface area contributed by atoms with Crippen molar-refractivity contribution in [3.05, 3.63) is 59.2 Å². The number of sulfonamides is 1. The van der Waals surface area contributed by atoms with E-state index >= 15 is 0 Å². The SMILES string of the molecule is Cc1ccc(C)c(S(=O)(=O)Nc2ccccc2C(=O)O[C@@H](C)C(=O)NC(N)=O)c1. The molecule has 2 rings (SSSR count). The average molecular weight is 419 g/mol. The number of imide groups is 1. The fourth-order valence-corrected chi connectivity index (χ4v) is 3.86. The summed E-state index contributed by atoms with van der Waals surface area (Å²) in [5.74, 6) is -1.85. The Bertz CT molecular complexity index is 1070. The number of nitrogens with one attached hydrogen (secondary N) is 2.